The standard InChI is InChI=1S/C14H15N3O3/c1-9-2-3-12-11(13(9)17(19)20)5-7-16(14(12)18)10-4-6-15-8-10/h2-3,5,7,10,15H,4,6,8H2,1H3. The molecule has 1 saturated heterocycles. The fourth-order valence-corrected chi connectivity index (χ4v) is 2.84. The molecule has 2 heterocycles. The molecule has 1 fully saturated rings. The Bertz CT molecular complexity index is 745. The van der Waals surface area contributed by atoms with Crippen LogP contribution >= 0.6 is 0 Å². The SMILES string of the molecule is Cc1ccc2c(=O)n(C3CCNC3)ccc2c1[N+](=O)[O-]. The Kier molecular flexibility index (Phi) is 3.02. The molecule has 104 valence electrons. The van der Waals surface area contributed by atoms with Crippen molar-refractivity contribution in [1.82, 2.24) is 9.88 Å². The van der Waals surface area contributed by atoms with Gasteiger partial charge in [-0.3, -0.25) is 14.9 Å². The van der Waals surface area contributed by atoms with Crippen LogP contribution in [-0.4, -0.2) is 22.6 Å². The van der Waals surface area contributed by atoms with E-state index in [1.54, 1.807) is 35.9 Å². The number of aromatic nitrogens is 1. The van der Waals surface area contributed by atoms with E-state index in [1.165, 1.54) is 0 Å². The van der Waals surface area contributed by atoms with Crippen molar-refractivity contribution in [2.75, 3.05) is 13.1 Å². The van der Waals surface area contributed by atoms with Crippen LogP contribution in [0.4, 0.5) is 5.69 Å². The minimum Gasteiger partial charge on any atom is -0.315 e. The highest BCUT2D eigenvalue weighted by Crippen LogP contribution is 2.27. The molecular formula is C14H15N3O3. The smallest absolute Gasteiger partial charge is 0.280 e. The van der Waals surface area contributed by atoms with Crippen LogP contribution in [0.3, 0.4) is 0 Å². The normalized spacial score (nSPS) is 18.6. The maximum absolute atomic E-state index is 12.5. The third-order valence-corrected chi connectivity index (χ3v) is 3.90. The van der Waals surface area contributed by atoms with Gasteiger partial charge in [0.1, 0.15) is 0 Å². The number of nitrogens with one attached hydrogen (secondary N) is 1. The fraction of sp³-hybridized carbons (Fsp3) is 0.357. The first kappa shape index (κ1) is 12.8. The second kappa shape index (κ2) is 4.72. The minimum atomic E-state index is -0.418. The zero-order valence-electron chi connectivity index (χ0n) is 11.1. The van der Waals surface area contributed by atoms with Crippen LogP contribution in [0.2, 0.25) is 0 Å². The van der Waals surface area contributed by atoms with Crippen LogP contribution in [0.1, 0.15) is 18.0 Å². The summed E-state index contributed by atoms with van der Waals surface area (Å²) in [5.41, 5.74) is 0.442. The first-order valence-corrected chi connectivity index (χ1v) is 6.59. The molecule has 2 aromatic rings. The van der Waals surface area contributed by atoms with Gasteiger partial charge in [-0.2, -0.15) is 0 Å². The topological polar surface area (TPSA) is 77.2 Å². The number of nitro groups is 1. The molecule has 1 atom stereocenters. The average molecular weight is 273 g/mol. The van der Waals surface area contributed by atoms with E-state index < -0.39 is 4.92 Å². The number of hydrogen-bond acceptors (Lipinski definition) is 4. The van der Waals surface area contributed by atoms with Crippen LogP contribution in [0, 0.1) is 17.0 Å². The highest BCUT2D eigenvalue weighted by molar-refractivity contribution is 5.91. The molecule has 1 unspecified atom stereocenters. The molecule has 6 nitrogen and oxygen atoms in total. The summed E-state index contributed by atoms with van der Waals surface area (Å²) >= 11 is 0. The predicted octanol–water partition coefficient (Wildman–Crippen LogP) is 1.75. The van der Waals surface area contributed by atoms with E-state index in [9.17, 15) is 14.9 Å². The van der Waals surface area contributed by atoms with Crippen molar-refractivity contribution >= 4 is 16.5 Å². The summed E-state index contributed by atoms with van der Waals surface area (Å²) in [6, 6.07) is 5.13. The van der Waals surface area contributed by atoms with Crippen molar-refractivity contribution in [3.05, 3.63) is 50.4 Å². The van der Waals surface area contributed by atoms with E-state index >= 15 is 0 Å². The number of pyridine rings is 1. The third-order valence-electron chi connectivity index (χ3n) is 3.90. The number of nitrogens with zero attached hydrogens (tertiary/aromatic N) is 2. The summed E-state index contributed by atoms with van der Waals surface area (Å²) in [5.74, 6) is 0. The summed E-state index contributed by atoms with van der Waals surface area (Å²) in [4.78, 5) is 23.3. The van der Waals surface area contributed by atoms with Crippen LogP contribution in [-0.2, 0) is 0 Å². The van der Waals surface area contributed by atoms with Gasteiger partial charge in [0, 0.05) is 18.3 Å². The van der Waals surface area contributed by atoms with Crippen molar-refractivity contribution in [2.45, 2.75) is 19.4 Å². The minimum absolute atomic E-state index is 0.0243. The van der Waals surface area contributed by atoms with Gasteiger partial charge in [0.2, 0.25) is 0 Å². The average Bonchev–Trinajstić information content (AvgIpc) is 2.92. The van der Waals surface area contributed by atoms with Crippen molar-refractivity contribution in [2.24, 2.45) is 0 Å². The summed E-state index contributed by atoms with van der Waals surface area (Å²) in [7, 11) is 0. The molecule has 1 N–H and O–H groups in total. The summed E-state index contributed by atoms with van der Waals surface area (Å²) in [5, 5.41) is 15.2. The van der Waals surface area contributed by atoms with Gasteiger partial charge >= 0.3 is 0 Å². The quantitative estimate of drug-likeness (QED) is 0.668. The van der Waals surface area contributed by atoms with Crippen LogP contribution < -0.4 is 10.9 Å². The summed E-state index contributed by atoms with van der Waals surface area (Å²) in [6.07, 6.45) is 2.58. The first-order valence-electron chi connectivity index (χ1n) is 6.59. The molecule has 1 aliphatic rings. The molecule has 0 aliphatic carbocycles. The van der Waals surface area contributed by atoms with Crippen molar-refractivity contribution in [3.8, 4) is 0 Å². The van der Waals surface area contributed by atoms with Crippen LogP contribution in [0.25, 0.3) is 10.8 Å². The van der Waals surface area contributed by atoms with E-state index in [0.29, 0.717) is 16.3 Å². The van der Waals surface area contributed by atoms with Gasteiger partial charge in [0.25, 0.3) is 11.2 Å². The Morgan fingerprint density at radius 3 is 2.80 bits per heavy atom. The number of rotatable bonds is 2. The molecule has 6 heteroatoms. The highest BCUT2D eigenvalue weighted by atomic mass is 16.6. The second-order valence-electron chi connectivity index (χ2n) is 5.12. The Morgan fingerprint density at radius 1 is 1.35 bits per heavy atom. The van der Waals surface area contributed by atoms with Gasteiger partial charge in [-0.1, -0.05) is 6.07 Å². The first-order chi connectivity index (χ1) is 9.59. The number of nitro benzene ring substituents is 1. The Morgan fingerprint density at radius 2 is 2.15 bits per heavy atom. The molecule has 0 bridgehead atoms. The lowest BCUT2D eigenvalue weighted by Gasteiger charge is -2.13. The van der Waals surface area contributed by atoms with Crippen LogP contribution in [0.5, 0.6) is 0 Å². The molecule has 1 aliphatic heterocycles. The zero-order chi connectivity index (χ0) is 14.3. The number of fused-ring (bicyclic) bond motifs is 1. The van der Waals surface area contributed by atoms with E-state index in [2.05, 4.69) is 5.32 Å². The molecule has 20 heavy (non-hydrogen) atoms. The Balaban J connectivity index is 2.26. The van der Waals surface area contributed by atoms with Crippen molar-refractivity contribution in [1.29, 1.82) is 0 Å². The number of benzene rings is 1. The Labute approximate surface area is 115 Å². The van der Waals surface area contributed by atoms with Crippen molar-refractivity contribution in [3.63, 3.8) is 0 Å². The highest BCUT2D eigenvalue weighted by Gasteiger charge is 2.21. The number of aryl methyl sites for hydroxylation is 1. The van der Waals surface area contributed by atoms with E-state index in [1.807, 2.05) is 0 Å². The molecular weight excluding hydrogens is 258 g/mol. The predicted molar refractivity (Wildman–Crippen MR) is 76.1 cm³/mol. The monoisotopic (exact) mass is 273 g/mol. The molecule has 0 radical (unpaired) electrons. The molecule has 1 aromatic carbocycles. The van der Waals surface area contributed by atoms with Gasteiger partial charge in [-0.05, 0) is 32.0 Å². The lowest BCUT2D eigenvalue weighted by atomic mass is 10.1. The molecule has 1 aromatic heterocycles. The molecule has 0 saturated carbocycles. The molecule has 0 spiro atoms. The van der Waals surface area contributed by atoms with Crippen molar-refractivity contribution < 1.29 is 4.92 Å². The Hall–Kier alpha value is -2.21. The zero-order valence-corrected chi connectivity index (χ0v) is 11.1. The van der Waals surface area contributed by atoms with E-state index in [-0.39, 0.29) is 17.3 Å². The maximum atomic E-state index is 12.5. The molecule has 0 amide bonds. The second-order valence-corrected chi connectivity index (χ2v) is 5.12. The van der Waals surface area contributed by atoms with Gasteiger partial charge in [-0.15, -0.1) is 0 Å². The van der Waals surface area contributed by atoms with Gasteiger partial charge < -0.3 is 9.88 Å². The van der Waals surface area contributed by atoms with Gasteiger partial charge in [-0.25, -0.2) is 0 Å². The van der Waals surface area contributed by atoms with E-state index in [4.69, 9.17) is 0 Å². The third kappa shape index (κ3) is 1.89. The largest absolute Gasteiger partial charge is 0.315 e. The maximum Gasteiger partial charge on any atom is 0.280 e. The summed E-state index contributed by atoms with van der Waals surface area (Å²) in [6.45, 7) is 3.34. The van der Waals surface area contributed by atoms with Gasteiger partial charge in [0.05, 0.1) is 21.7 Å². The van der Waals surface area contributed by atoms with E-state index in [0.717, 1.165) is 19.5 Å². The lowest BCUT2D eigenvalue weighted by molar-refractivity contribution is -0.383. The lowest BCUT2D eigenvalue weighted by Crippen LogP contribution is -2.25. The summed E-state index contributed by atoms with van der Waals surface area (Å²) < 4.78 is 1.68. The van der Waals surface area contributed by atoms with Gasteiger partial charge in [0.15, 0.2) is 0 Å². The number of hydrogen-bond donors (Lipinski definition) is 1. The fourth-order valence-electron chi connectivity index (χ4n) is 2.84. The van der Waals surface area contributed by atoms with Crippen LogP contribution in [0.15, 0.2) is 29.2 Å². The molecule has 3 rings (SSSR count).